The Morgan fingerprint density at radius 3 is 2.35 bits per heavy atom. The molecule has 0 spiro atoms. The normalized spacial score (nSPS) is 10.8. The summed E-state index contributed by atoms with van der Waals surface area (Å²) < 4.78 is 11.0. The van der Waals surface area contributed by atoms with E-state index in [9.17, 15) is 0 Å². The molecule has 0 amide bonds. The summed E-state index contributed by atoms with van der Waals surface area (Å²) >= 11 is 0. The maximum absolute atomic E-state index is 5.50. The molecule has 4 aromatic rings. The fraction of sp³-hybridized carbons (Fsp3) is 0.0526. The van der Waals surface area contributed by atoms with Gasteiger partial charge in [-0.05, 0) is 25.1 Å². The molecular formula is C19H14N2O2. The minimum absolute atomic E-state index is 0.479. The van der Waals surface area contributed by atoms with Crippen molar-refractivity contribution in [3.05, 3.63) is 72.5 Å². The summed E-state index contributed by atoms with van der Waals surface area (Å²) in [5, 5.41) is 4.10. The molecule has 0 N–H and O–H groups in total. The molecule has 2 aromatic carbocycles. The predicted molar refractivity (Wildman–Crippen MR) is 87.6 cm³/mol. The number of aromatic nitrogens is 2. The number of furan rings is 1. The molecule has 0 aliphatic carbocycles. The quantitative estimate of drug-likeness (QED) is 0.536. The Morgan fingerprint density at radius 2 is 1.61 bits per heavy atom. The minimum atomic E-state index is 0.479. The molecule has 0 aliphatic rings. The Kier molecular flexibility index (Phi) is 3.27. The zero-order chi connectivity index (χ0) is 15.6. The smallest absolute Gasteiger partial charge is 0.258 e. The molecule has 112 valence electrons. The Bertz CT molecular complexity index is 922. The van der Waals surface area contributed by atoms with Crippen LogP contribution in [0.1, 0.15) is 5.56 Å². The van der Waals surface area contributed by atoms with Crippen LogP contribution in [0.5, 0.6) is 0 Å². The van der Waals surface area contributed by atoms with Crippen LogP contribution in [0.4, 0.5) is 0 Å². The van der Waals surface area contributed by atoms with Crippen LogP contribution in [0, 0.1) is 6.92 Å². The average molecular weight is 302 g/mol. The van der Waals surface area contributed by atoms with Crippen molar-refractivity contribution >= 4 is 0 Å². The molecule has 0 radical (unpaired) electrons. The largest absolute Gasteiger partial charge is 0.464 e. The number of nitrogens with zero attached hydrogens (tertiary/aromatic N) is 2. The molecular weight excluding hydrogens is 288 g/mol. The molecule has 23 heavy (non-hydrogen) atoms. The van der Waals surface area contributed by atoms with Gasteiger partial charge < -0.3 is 8.94 Å². The van der Waals surface area contributed by atoms with Crippen LogP contribution in [0.15, 0.2) is 75.9 Å². The highest BCUT2D eigenvalue weighted by Crippen LogP contribution is 2.32. The summed E-state index contributed by atoms with van der Waals surface area (Å²) in [7, 11) is 0. The second kappa shape index (κ2) is 5.57. The van der Waals surface area contributed by atoms with E-state index in [-0.39, 0.29) is 0 Å². The Balaban J connectivity index is 1.77. The standard InChI is InChI=1S/C19H14N2O2/c1-13-8-10-14(11-9-13)18-20-19(23-21-18)16-6-3-2-5-15(16)17-7-4-12-22-17/h2-12H,1H3. The molecule has 0 aliphatic heterocycles. The van der Waals surface area contributed by atoms with E-state index < -0.39 is 0 Å². The molecule has 2 heterocycles. The highest BCUT2D eigenvalue weighted by Gasteiger charge is 2.15. The summed E-state index contributed by atoms with van der Waals surface area (Å²) in [5.41, 5.74) is 3.91. The fourth-order valence-electron chi connectivity index (χ4n) is 2.47. The first-order valence-electron chi connectivity index (χ1n) is 7.35. The van der Waals surface area contributed by atoms with Crippen LogP contribution in [0.2, 0.25) is 0 Å². The lowest BCUT2D eigenvalue weighted by Gasteiger charge is -2.02. The molecule has 0 saturated heterocycles. The first-order valence-corrected chi connectivity index (χ1v) is 7.35. The van der Waals surface area contributed by atoms with Crippen LogP contribution in [0.3, 0.4) is 0 Å². The Morgan fingerprint density at radius 1 is 0.826 bits per heavy atom. The van der Waals surface area contributed by atoms with E-state index in [0.29, 0.717) is 11.7 Å². The van der Waals surface area contributed by atoms with Gasteiger partial charge in [-0.15, -0.1) is 0 Å². The minimum Gasteiger partial charge on any atom is -0.464 e. The maximum Gasteiger partial charge on any atom is 0.258 e. The highest BCUT2D eigenvalue weighted by molar-refractivity contribution is 5.77. The van der Waals surface area contributed by atoms with Crippen LogP contribution >= 0.6 is 0 Å². The van der Waals surface area contributed by atoms with Gasteiger partial charge in [0, 0.05) is 11.1 Å². The van der Waals surface area contributed by atoms with Crippen molar-refractivity contribution in [2.75, 3.05) is 0 Å². The van der Waals surface area contributed by atoms with E-state index in [4.69, 9.17) is 8.94 Å². The molecule has 0 bridgehead atoms. The van der Waals surface area contributed by atoms with Gasteiger partial charge in [0.1, 0.15) is 5.76 Å². The second-order valence-electron chi connectivity index (χ2n) is 5.31. The van der Waals surface area contributed by atoms with E-state index in [1.165, 1.54) is 5.56 Å². The molecule has 2 aromatic heterocycles. The number of rotatable bonds is 3. The van der Waals surface area contributed by atoms with Gasteiger partial charge in [-0.1, -0.05) is 53.2 Å². The molecule has 0 atom stereocenters. The summed E-state index contributed by atoms with van der Waals surface area (Å²) in [6, 6.07) is 19.6. The Labute approximate surface area is 133 Å². The first kappa shape index (κ1) is 13.5. The topological polar surface area (TPSA) is 52.1 Å². The third-order valence-electron chi connectivity index (χ3n) is 3.68. The summed E-state index contributed by atoms with van der Waals surface area (Å²) in [4.78, 5) is 4.53. The lowest BCUT2D eigenvalue weighted by Crippen LogP contribution is -1.84. The van der Waals surface area contributed by atoms with Crippen LogP contribution in [-0.2, 0) is 0 Å². The van der Waals surface area contributed by atoms with E-state index >= 15 is 0 Å². The zero-order valence-corrected chi connectivity index (χ0v) is 12.6. The van der Waals surface area contributed by atoms with Crippen LogP contribution in [0.25, 0.3) is 34.2 Å². The molecule has 0 saturated carbocycles. The highest BCUT2D eigenvalue weighted by atomic mass is 16.5. The van der Waals surface area contributed by atoms with Crippen molar-refractivity contribution in [2.45, 2.75) is 6.92 Å². The summed E-state index contributed by atoms with van der Waals surface area (Å²) in [6.45, 7) is 2.05. The van der Waals surface area contributed by atoms with Gasteiger partial charge in [-0.25, -0.2) is 0 Å². The maximum atomic E-state index is 5.50. The van der Waals surface area contributed by atoms with Gasteiger partial charge in [0.05, 0.1) is 11.8 Å². The van der Waals surface area contributed by atoms with E-state index in [2.05, 4.69) is 10.1 Å². The molecule has 0 fully saturated rings. The van der Waals surface area contributed by atoms with Gasteiger partial charge in [0.25, 0.3) is 5.89 Å². The SMILES string of the molecule is Cc1ccc(-c2noc(-c3ccccc3-c3ccco3)n2)cc1. The predicted octanol–water partition coefficient (Wildman–Crippen LogP) is 4.97. The lowest BCUT2D eigenvalue weighted by molar-refractivity contribution is 0.432. The van der Waals surface area contributed by atoms with Crippen molar-refractivity contribution in [1.29, 1.82) is 0 Å². The van der Waals surface area contributed by atoms with Crippen molar-refractivity contribution in [3.8, 4) is 34.2 Å². The second-order valence-corrected chi connectivity index (χ2v) is 5.31. The molecule has 4 rings (SSSR count). The van der Waals surface area contributed by atoms with Gasteiger partial charge in [0.2, 0.25) is 5.82 Å². The molecule has 4 nitrogen and oxygen atoms in total. The van der Waals surface area contributed by atoms with Crippen LogP contribution < -0.4 is 0 Å². The van der Waals surface area contributed by atoms with E-state index in [1.54, 1.807) is 6.26 Å². The van der Waals surface area contributed by atoms with Gasteiger partial charge in [-0.2, -0.15) is 4.98 Å². The van der Waals surface area contributed by atoms with Gasteiger partial charge in [-0.3, -0.25) is 0 Å². The van der Waals surface area contributed by atoms with Crippen LogP contribution in [-0.4, -0.2) is 10.1 Å². The third-order valence-corrected chi connectivity index (χ3v) is 3.68. The van der Waals surface area contributed by atoms with E-state index in [0.717, 1.165) is 22.5 Å². The van der Waals surface area contributed by atoms with Crippen molar-refractivity contribution in [2.24, 2.45) is 0 Å². The molecule has 4 heteroatoms. The molecule has 0 unspecified atom stereocenters. The van der Waals surface area contributed by atoms with E-state index in [1.807, 2.05) is 67.6 Å². The number of hydrogen-bond acceptors (Lipinski definition) is 4. The number of hydrogen-bond donors (Lipinski definition) is 0. The number of benzene rings is 2. The Hall–Kier alpha value is -3.14. The summed E-state index contributed by atoms with van der Waals surface area (Å²) in [5.74, 6) is 1.83. The first-order chi connectivity index (χ1) is 11.3. The number of aryl methyl sites for hydroxylation is 1. The van der Waals surface area contributed by atoms with Gasteiger partial charge in [0.15, 0.2) is 0 Å². The monoisotopic (exact) mass is 302 g/mol. The lowest BCUT2D eigenvalue weighted by atomic mass is 10.1. The average Bonchev–Trinajstić information content (AvgIpc) is 3.27. The third kappa shape index (κ3) is 2.55. The van der Waals surface area contributed by atoms with Crippen molar-refractivity contribution in [3.63, 3.8) is 0 Å². The van der Waals surface area contributed by atoms with Crippen molar-refractivity contribution < 1.29 is 8.94 Å². The van der Waals surface area contributed by atoms with Gasteiger partial charge >= 0.3 is 0 Å². The fourth-order valence-corrected chi connectivity index (χ4v) is 2.47. The zero-order valence-electron chi connectivity index (χ0n) is 12.6. The van der Waals surface area contributed by atoms with Crippen molar-refractivity contribution in [1.82, 2.24) is 10.1 Å². The summed E-state index contributed by atoms with van der Waals surface area (Å²) in [6.07, 6.45) is 1.65.